The highest BCUT2D eigenvalue weighted by molar-refractivity contribution is 5.78. The van der Waals surface area contributed by atoms with E-state index in [-0.39, 0.29) is 0 Å². The Balaban J connectivity index is 3.53. The lowest BCUT2D eigenvalue weighted by Crippen LogP contribution is -2.35. The third-order valence-electron chi connectivity index (χ3n) is 2.64. The Morgan fingerprint density at radius 1 is 1.20 bits per heavy atom. The Hall–Kier alpha value is -0.570. The number of unbranched alkanes of at least 4 members (excludes halogenated alkanes) is 5. The van der Waals surface area contributed by atoms with E-state index in [1.54, 1.807) is 0 Å². The van der Waals surface area contributed by atoms with Crippen LogP contribution in [0.4, 0.5) is 0 Å². The molecule has 0 aliphatic carbocycles. The van der Waals surface area contributed by atoms with Gasteiger partial charge in [0.05, 0.1) is 7.11 Å². The zero-order chi connectivity index (χ0) is 11.7. The molecule has 1 atom stereocenters. The van der Waals surface area contributed by atoms with Gasteiger partial charge in [0.2, 0.25) is 0 Å². The van der Waals surface area contributed by atoms with Crippen LogP contribution in [-0.4, -0.2) is 23.8 Å². The van der Waals surface area contributed by atoms with E-state index < -0.39 is 11.6 Å². The number of carbonyl (C=O) groups excluding carboxylic acids is 1. The van der Waals surface area contributed by atoms with Gasteiger partial charge >= 0.3 is 5.97 Å². The monoisotopic (exact) mass is 216 g/mol. The number of ether oxygens (including phenoxy) is 1. The van der Waals surface area contributed by atoms with Crippen LogP contribution < -0.4 is 0 Å². The van der Waals surface area contributed by atoms with Gasteiger partial charge in [-0.05, 0) is 19.8 Å². The van der Waals surface area contributed by atoms with Crippen molar-refractivity contribution < 1.29 is 14.6 Å². The summed E-state index contributed by atoms with van der Waals surface area (Å²) in [4.78, 5) is 11.1. The van der Waals surface area contributed by atoms with E-state index in [2.05, 4.69) is 11.7 Å². The van der Waals surface area contributed by atoms with Crippen molar-refractivity contribution >= 4 is 5.97 Å². The molecule has 0 amide bonds. The SMILES string of the molecule is CCCCCCCCC(C)(O)C(=O)OC. The molecule has 0 bridgehead atoms. The first-order chi connectivity index (χ1) is 7.04. The Labute approximate surface area is 92.8 Å². The van der Waals surface area contributed by atoms with Gasteiger partial charge in [0.1, 0.15) is 0 Å². The van der Waals surface area contributed by atoms with E-state index >= 15 is 0 Å². The van der Waals surface area contributed by atoms with E-state index in [0.29, 0.717) is 6.42 Å². The second-order valence-electron chi connectivity index (χ2n) is 4.28. The highest BCUT2D eigenvalue weighted by atomic mass is 16.5. The van der Waals surface area contributed by atoms with E-state index in [1.807, 2.05) is 0 Å². The van der Waals surface area contributed by atoms with E-state index in [0.717, 1.165) is 12.8 Å². The molecular weight excluding hydrogens is 192 g/mol. The lowest BCUT2D eigenvalue weighted by atomic mass is 9.98. The molecule has 0 aliphatic heterocycles. The third kappa shape index (κ3) is 6.50. The van der Waals surface area contributed by atoms with Crippen molar-refractivity contribution in [2.24, 2.45) is 0 Å². The molecule has 0 heterocycles. The topological polar surface area (TPSA) is 46.5 Å². The minimum absolute atomic E-state index is 0.492. The number of hydrogen-bond acceptors (Lipinski definition) is 3. The Kier molecular flexibility index (Phi) is 7.39. The van der Waals surface area contributed by atoms with E-state index in [9.17, 15) is 9.90 Å². The zero-order valence-electron chi connectivity index (χ0n) is 10.2. The fourth-order valence-electron chi connectivity index (χ4n) is 1.57. The van der Waals surface area contributed by atoms with Gasteiger partial charge in [0, 0.05) is 0 Å². The summed E-state index contributed by atoms with van der Waals surface area (Å²) in [7, 11) is 1.30. The first kappa shape index (κ1) is 14.4. The van der Waals surface area contributed by atoms with Crippen LogP contribution in [0.2, 0.25) is 0 Å². The van der Waals surface area contributed by atoms with Gasteiger partial charge in [0.15, 0.2) is 5.60 Å². The Bertz CT molecular complexity index is 176. The van der Waals surface area contributed by atoms with Crippen molar-refractivity contribution in [3.63, 3.8) is 0 Å². The van der Waals surface area contributed by atoms with Crippen LogP contribution in [0.5, 0.6) is 0 Å². The molecule has 0 aromatic rings. The van der Waals surface area contributed by atoms with E-state index in [1.165, 1.54) is 39.7 Å². The van der Waals surface area contributed by atoms with Crippen LogP contribution in [0, 0.1) is 0 Å². The zero-order valence-corrected chi connectivity index (χ0v) is 10.2. The van der Waals surface area contributed by atoms with Crippen LogP contribution >= 0.6 is 0 Å². The van der Waals surface area contributed by atoms with Crippen molar-refractivity contribution in [3.8, 4) is 0 Å². The van der Waals surface area contributed by atoms with Crippen molar-refractivity contribution in [3.05, 3.63) is 0 Å². The van der Waals surface area contributed by atoms with Gasteiger partial charge in [-0.15, -0.1) is 0 Å². The Morgan fingerprint density at radius 3 is 2.27 bits per heavy atom. The maximum absolute atomic E-state index is 11.1. The summed E-state index contributed by atoms with van der Waals surface area (Å²) in [6.45, 7) is 3.70. The van der Waals surface area contributed by atoms with Crippen LogP contribution in [0.25, 0.3) is 0 Å². The van der Waals surface area contributed by atoms with Crippen molar-refractivity contribution in [1.82, 2.24) is 0 Å². The third-order valence-corrected chi connectivity index (χ3v) is 2.64. The lowest BCUT2D eigenvalue weighted by molar-refractivity contribution is -0.161. The molecule has 0 saturated carbocycles. The standard InChI is InChI=1S/C12H24O3/c1-4-5-6-7-8-9-10-12(2,14)11(13)15-3/h14H,4-10H2,1-3H3. The van der Waals surface area contributed by atoms with Gasteiger partial charge in [-0.25, -0.2) is 4.79 Å². The van der Waals surface area contributed by atoms with Crippen molar-refractivity contribution in [1.29, 1.82) is 0 Å². The number of esters is 1. The summed E-state index contributed by atoms with van der Waals surface area (Å²) in [6, 6.07) is 0. The van der Waals surface area contributed by atoms with Crippen LogP contribution in [0.3, 0.4) is 0 Å². The summed E-state index contributed by atoms with van der Waals surface area (Å²) in [6.07, 6.45) is 7.39. The smallest absolute Gasteiger partial charge is 0.337 e. The van der Waals surface area contributed by atoms with Crippen LogP contribution in [-0.2, 0) is 9.53 Å². The largest absolute Gasteiger partial charge is 0.467 e. The van der Waals surface area contributed by atoms with Gasteiger partial charge < -0.3 is 9.84 Å². The predicted octanol–water partition coefficient (Wildman–Crippen LogP) is 2.66. The average Bonchev–Trinajstić information content (AvgIpc) is 2.22. The second kappa shape index (κ2) is 7.69. The molecule has 3 heteroatoms. The number of carbonyl (C=O) groups is 1. The molecule has 0 aromatic carbocycles. The first-order valence-electron chi connectivity index (χ1n) is 5.85. The summed E-state index contributed by atoms with van der Waals surface area (Å²) in [5.74, 6) is -0.531. The maximum atomic E-state index is 11.1. The quantitative estimate of drug-likeness (QED) is 0.501. The number of aliphatic hydroxyl groups is 1. The average molecular weight is 216 g/mol. The molecule has 0 spiro atoms. The summed E-state index contributed by atoms with van der Waals surface area (Å²) >= 11 is 0. The van der Waals surface area contributed by atoms with Crippen molar-refractivity contribution in [2.75, 3.05) is 7.11 Å². The van der Waals surface area contributed by atoms with Crippen LogP contribution in [0.1, 0.15) is 58.8 Å². The Morgan fingerprint density at radius 2 is 1.73 bits per heavy atom. The highest BCUT2D eigenvalue weighted by Gasteiger charge is 2.30. The maximum Gasteiger partial charge on any atom is 0.337 e. The highest BCUT2D eigenvalue weighted by Crippen LogP contribution is 2.17. The first-order valence-corrected chi connectivity index (χ1v) is 5.85. The molecule has 3 nitrogen and oxygen atoms in total. The molecule has 1 N–H and O–H groups in total. The molecular formula is C12H24O3. The normalized spacial score (nSPS) is 14.7. The fraction of sp³-hybridized carbons (Fsp3) is 0.917. The number of rotatable bonds is 8. The summed E-state index contributed by atoms with van der Waals surface area (Å²) in [5, 5.41) is 9.71. The van der Waals surface area contributed by atoms with Gasteiger partial charge in [-0.3, -0.25) is 0 Å². The minimum atomic E-state index is -1.31. The molecule has 0 fully saturated rings. The summed E-state index contributed by atoms with van der Waals surface area (Å²) in [5.41, 5.74) is -1.31. The van der Waals surface area contributed by atoms with Crippen LogP contribution in [0.15, 0.2) is 0 Å². The van der Waals surface area contributed by atoms with Crippen molar-refractivity contribution in [2.45, 2.75) is 64.4 Å². The lowest BCUT2D eigenvalue weighted by Gasteiger charge is -2.19. The molecule has 0 radical (unpaired) electrons. The van der Waals surface area contributed by atoms with Gasteiger partial charge in [-0.1, -0.05) is 39.0 Å². The molecule has 0 rings (SSSR count). The summed E-state index contributed by atoms with van der Waals surface area (Å²) < 4.78 is 4.52. The predicted molar refractivity (Wildman–Crippen MR) is 60.6 cm³/mol. The van der Waals surface area contributed by atoms with Gasteiger partial charge in [-0.2, -0.15) is 0 Å². The molecule has 0 aliphatic rings. The molecule has 0 aromatic heterocycles. The number of hydrogen-bond donors (Lipinski definition) is 1. The molecule has 15 heavy (non-hydrogen) atoms. The fourth-order valence-corrected chi connectivity index (χ4v) is 1.57. The molecule has 90 valence electrons. The molecule has 0 saturated heterocycles. The van der Waals surface area contributed by atoms with Gasteiger partial charge in [0.25, 0.3) is 0 Å². The second-order valence-corrected chi connectivity index (χ2v) is 4.28. The molecule has 1 unspecified atom stereocenters. The number of methoxy groups -OCH3 is 1. The minimum Gasteiger partial charge on any atom is -0.467 e. The van der Waals surface area contributed by atoms with E-state index in [4.69, 9.17) is 0 Å².